The van der Waals surface area contributed by atoms with Crippen molar-refractivity contribution >= 4 is 44.9 Å². The molecule has 0 saturated carbocycles. The van der Waals surface area contributed by atoms with Crippen molar-refractivity contribution in [3.8, 4) is 11.1 Å². The third-order valence-electron chi connectivity index (χ3n) is 15.9. The highest BCUT2D eigenvalue weighted by molar-refractivity contribution is 7.54. The van der Waals surface area contributed by atoms with E-state index in [0.29, 0.717) is 25.7 Å². The lowest BCUT2D eigenvalue weighted by atomic mass is 9.98. The van der Waals surface area contributed by atoms with Crippen LogP contribution in [0.15, 0.2) is 48.5 Å². The van der Waals surface area contributed by atoms with Crippen LogP contribution in [0.4, 0.5) is 13.2 Å². The first kappa shape index (κ1) is 89.9. The van der Waals surface area contributed by atoms with Crippen molar-refractivity contribution in [3.63, 3.8) is 0 Å². The van der Waals surface area contributed by atoms with E-state index in [-0.39, 0.29) is 90.4 Å². The van der Waals surface area contributed by atoms with Crippen LogP contribution in [-0.4, -0.2) is 112 Å². The van der Waals surface area contributed by atoms with E-state index in [9.17, 15) is 46.3 Å². The molecule has 0 spiro atoms. The molecule has 1 aliphatic carbocycles. The first-order chi connectivity index (χ1) is 45.8. The van der Waals surface area contributed by atoms with Gasteiger partial charge in [-0.2, -0.15) is 0 Å². The van der Waals surface area contributed by atoms with Crippen molar-refractivity contribution in [2.75, 3.05) is 46.7 Å². The van der Waals surface area contributed by atoms with Crippen LogP contribution < -0.4 is 16.4 Å². The molecule has 22 heteroatoms. The van der Waals surface area contributed by atoms with Crippen LogP contribution in [0.3, 0.4) is 0 Å². The standard InChI is InChI=1S/C44H67FNO8P.C28H56FN2O6P.CH3F.CH4/c1-6-52-55(50,53-7-2)40(45)29-19-17-15-13-11-9-8-10-12-14-16-18-20-30-41(47)46-39(43(49)54-44(3,4)5)31-32-42(48)51-33-38-36-27-23-21-25-34(36)35-26-22-24-28-37(35)38;1-6-35-38(34,36-7-2)25(29)21-19-17-15-13-11-9-8-10-12-14-16-18-20-22-26(32)31-24(23-30)27(33)37-28(3,4)5;1-2;/h21-28,38-40H,6-20,29-33H2,1-5H3,(H,46,47);24-25H,6-23,30H2,1-5H3,(H,31,32);1H3;1H4/i;;1D;. The summed E-state index contributed by atoms with van der Waals surface area (Å²) in [5, 5.41) is 5.50. The number of hydrogen-bond acceptors (Lipinski definition) is 15. The van der Waals surface area contributed by atoms with Gasteiger partial charge in [0.1, 0.15) is 29.9 Å². The lowest BCUT2D eigenvalue weighted by Gasteiger charge is -2.24. The van der Waals surface area contributed by atoms with Gasteiger partial charge in [-0.05, 0) is 136 Å². The Kier molecular flexibility index (Phi) is 50.3. The number of halogens is 3. The molecule has 0 radical (unpaired) electrons. The van der Waals surface area contributed by atoms with Gasteiger partial charge >= 0.3 is 33.1 Å². The number of fused-ring (bicyclic) bond motifs is 3. The van der Waals surface area contributed by atoms with E-state index in [2.05, 4.69) is 34.9 Å². The molecular formula is C74H130F3N3O14P2. The van der Waals surface area contributed by atoms with E-state index in [1.807, 2.05) is 24.3 Å². The van der Waals surface area contributed by atoms with Gasteiger partial charge in [0.05, 0.1) is 35.0 Å². The smallest absolute Gasteiger partial charge is 0.364 e. The Bertz CT molecular complexity index is 2460. The topological polar surface area (TPSA) is 234 Å². The first-order valence-electron chi connectivity index (χ1n) is 36.5. The Balaban J connectivity index is 0.00000193. The number of benzene rings is 2. The molecule has 0 saturated heterocycles. The number of amides is 2. The molecule has 2 aromatic carbocycles. The molecule has 4 atom stereocenters. The molecule has 0 heterocycles. The zero-order valence-electron chi connectivity index (χ0n) is 60.9. The van der Waals surface area contributed by atoms with E-state index < -0.39 is 75.4 Å². The largest absolute Gasteiger partial charge is 0.465 e. The van der Waals surface area contributed by atoms with Crippen molar-refractivity contribution in [1.82, 2.24) is 10.6 Å². The summed E-state index contributed by atoms with van der Waals surface area (Å²) in [6.07, 6.45) is 28.7. The molecular weight excluding hydrogens is 1270 g/mol. The Labute approximate surface area is 579 Å². The molecule has 4 unspecified atom stereocenters. The molecule has 96 heavy (non-hydrogen) atoms. The maximum Gasteiger partial charge on any atom is 0.364 e. The van der Waals surface area contributed by atoms with Gasteiger partial charge in [-0.15, -0.1) is 0 Å². The molecule has 0 bridgehead atoms. The maximum absolute atomic E-state index is 14.4. The number of ether oxygens (including phenoxy) is 3. The summed E-state index contributed by atoms with van der Waals surface area (Å²) in [5.74, 6) is -4.98. The number of rotatable bonds is 52. The minimum atomic E-state index is -3.65. The summed E-state index contributed by atoms with van der Waals surface area (Å²) >= 11 is 0. The Morgan fingerprint density at radius 2 is 0.781 bits per heavy atom. The first-order valence-corrected chi connectivity index (χ1v) is 39.0. The molecule has 0 fully saturated rings. The normalized spacial score (nSPS) is 13.6. The van der Waals surface area contributed by atoms with Gasteiger partial charge in [-0.25, -0.2) is 18.4 Å². The lowest BCUT2D eigenvalue weighted by Crippen LogP contribution is -2.48. The minimum Gasteiger partial charge on any atom is -0.465 e. The van der Waals surface area contributed by atoms with Crippen molar-refractivity contribution in [2.45, 2.75) is 323 Å². The summed E-state index contributed by atoms with van der Waals surface area (Å²) in [6, 6.07) is 14.6. The van der Waals surface area contributed by atoms with Gasteiger partial charge in [-0.1, -0.05) is 197 Å². The second kappa shape index (κ2) is 53.7. The highest BCUT2D eigenvalue weighted by Crippen LogP contribution is 2.56. The predicted octanol–water partition coefficient (Wildman–Crippen LogP) is 19.8. The zero-order valence-corrected chi connectivity index (χ0v) is 61.7. The second-order valence-corrected chi connectivity index (χ2v) is 30.7. The van der Waals surface area contributed by atoms with Gasteiger partial charge in [-0.3, -0.25) is 27.9 Å². The highest BCUT2D eigenvalue weighted by atomic mass is 31.2. The van der Waals surface area contributed by atoms with Crippen molar-refractivity contribution in [1.29, 1.82) is 0 Å². The summed E-state index contributed by atoms with van der Waals surface area (Å²) in [7, 11) is -8.27. The molecule has 1 aliphatic rings. The van der Waals surface area contributed by atoms with Gasteiger partial charge in [0, 0.05) is 31.7 Å². The predicted molar refractivity (Wildman–Crippen MR) is 382 cm³/mol. The summed E-state index contributed by atoms with van der Waals surface area (Å²) < 4.78 is 106. The number of alkyl halides is 3. The van der Waals surface area contributed by atoms with E-state index in [4.69, 9.17) is 39.4 Å². The van der Waals surface area contributed by atoms with Crippen LogP contribution in [0.2, 0.25) is 0 Å². The van der Waals surface area contributed by atoms with Crippen LogP contribution >= 0.6 is 15.2 Å². The van der Waals surface area contributed by atoms with Crippen LogP contribution in [0.1, 0.15) is 301 Å². The average molecular weight is 1410 g/mol. The van der Waals surface area contributed by atoms with Gasteiger partial charge in [0.15, 0.2) is 0 Å². The molecule has 556 valence electrons. The molecule has 0 aromatic heterocycles. The second-order valence-electron chi connectivity index (χ2n) is 26.4. The molecule has 4 N–H and O–H groups in total. The fraction of sp³-hybridized carbons (Fsp3) is 0.770. The quantitative estimate of drug-likeness (QED) is 0.0242. The van der Waals surface area contributed by atoms with E-state index >= 15 is 0 Å². The Morgan fingerprint density at radius 3 is 1.09 bits per heavy atom. The zero-order chi connectivity index (χ0) is 71.7. The molecule has 0 aliphatic heterocycles. The summed E-state index contributed by atoms with van der Waals surface area (Å²) in [5.41, 5.74) is 8.86. The number of unbranched alkanes of at least 4 members (excludes halogenated alkanes) is 24. The third kappa shape index (κ3) is 40.8. The number of nitrogens with one attached hydrogen (secondary N) is 2. The van der Waals surface area contributed by atoms with Crippen molar-refractivity contribution in [2.24, 2.45) is 5.73 Å². The van der Waals surface area contributed by atoms with Crippen LogP contribution in [0.5, 0.6) is 0 Å². The van der Waals surface area contributed by atoms with E-state index in [1.165, 1.54) is 70.6 Å². The molecule has 2 aromatic rings. The highest BCUT2D eigenvalue weighted by Gasteiger charge is 2.37. The monoisotopic (exact) mass is 1400 g/mol. The lowest BCUT2D eigenvalue weighted by molar-refractivity contribution is -0.159. The van der Waals surface area contributed by atoms with E-state index in [0.717, 1.165) is 106 Å². The number of hydrogen-bond donors (Lipinski definition) is 3. The number of esters is 3. The van der Waals surface area contributed by atoms with Crippen LogP contribution in [0.25, 0.3) is 11.1 Å². The van der Waals surface area contributed by atoms with Crippen molar-refractivity contribution in [3.05, 3.63) is 59.7 Å². The van der Waals surface area contributed by atoms with Crippen LogP contribution in [-0.2, 0) is 65.4 Å². The fourth-order valence-electron chi connectivity index (χ4n) is 11.2. The van der Waals surface area contributed by atoms with Gasteiger partial charge in [0.2, 0.25) is 23.6 Å². The Morgan fingerprint density at radius 1 is 0.490 bits per heavy atom. The molecule has 2 amide bonds. The number of carbonyl (C=O) groups is 5. The van der Waals surface area contributed by atoms with Crippen LogP contribution in [0, 0.1) is 0 Å². The van der Waals surface area contributed by atoms with E-state index in [1.54, 1.807) is 69.2 Å². The number of carbonyl (C=O) groups excluding carboxylic acids is 5. The SMILES string of the molecule is C.CCOP(=O)(OCC)C(F)CCCCCCCCCCCCCCCC(=O)NC(CCC(=O)OCC1c2ccccc2-c2ccccc21)C(=O)OC(C)(C)C.CCOP(=O)(OCC)C(F)CCCCCCCCCCCCCCCC(=O)NC(CN)C(=O)OC(C)(C)C.[2H]CF. The van der Waals surface area contributed by atoms with Gasteiger partial charge < -0.3 is 48.7 Å². The fourth-order valence-corrected chi connectivity index (χ4v) is 14.4. The van der Waals surface area contributed by atoms with Crippen molar-refractivity contribution < 1.29 is 80.0 Å². The minimum absolute atomic E-state index is 0. The summed E-state index contributed by atoms with van der Waals surface area (Å²) in [6.45, 7) is 18.4. The number of nitrogens with two attached hydrogens (primary N) is 1. The maximum atomic E-state index is 14.4. The Hall–Kier alpha value is -4.16. The summed E-state index contributed by atoms with van der Waals surface area (Å²) in [4.78, 5) is 63.0. The molecule has 3 rings (SSSR count). The molecule has 17 nitrogen and oxygen atoms in total. The average Bonchev–Trinajstić information content (AvgIpc) is 1.62. The third-order valence-corrected chi connectivity index (χ3v) is 20.3. The van der Waals surface area contributed by atoms with Gasteiger partial charge in [0.25, 0.3) is 0 Å².